The molecule has 1 aliphatic heterocycles. The number of halogens is 3. The Bertz CT molecular complexity index is 1380. The van der Waals surface area contributed by atoms with Crippen LogP contribution in [-0.4, -0.2) is 39.4 Å². The van der Waals surface area contributed by atoms with Crippen LogP contribution in [0.5, 0.6) is 5.75 Å². The normalized spacial score (nSPS) is 15.7. The first-order valence-electron chi connectivity index (χ1n) is 12.0. The van der Waals surface area contributed by atoms with Gasteiger partial charge in [0.15, 0.2) is 0 Å². The predicted molar refractivity (Wildman–Crippen MR) is 143 cm³/mol. The van der Waals surface area contributed by atoms with Gasteiger partial charge in [-0.1, -0.05) is 23.2 Å². The maximum atomic E-state index is 15.1. The molecule has 0 radical (unpaired) electrons. The Kier molecular flexibility index (Phi) is 8.00. The number of hydrogen-bond acceptors (Lipinski definition) is 6. The highest BCUT2D eigenvalue weighted by atomic mass is 35.5. The van der Waals surface area contributed by atoms with Crippen LogP contribution in [0, 0.1) is 0 Å². The lowest BCUT2D eigenvalue weighted by molar-refractivity contribution is 0.0775. The van der Waals surface area contributed by atoms with Gasteiger partial charge >= 0.3 is 0 Å². The number of aromatic nitrogens is 4. The summed E-state index contributed by atoms with van der Waals surface area (Å²) in [6.07, 6.45) is 7.57. The molecule has 2 N–H and O–H groups in total. The Balaban J connectivity index is 1.30. The van der Waals surface area contributed by atoms with Crippen molar-refractivity contribution < 1.29 is 13.9 Å². The molecule has 4 aromatic rings. The fourth-order valence-electron chi connectivity index (χ4n) is 4.30. The Hall–Kier alpha value is -3.04. The van der Waals surface area contributed by atoms with Crippen molar-refractivity contribution in [3.8, 4) is 5.75 Å². The van der Waals surface area contributed by atoms with Gasteiger partial charge in [-0.3, -0.25) is 15.1 Å². The number of nitrogens with zero attached hydrogens (tertiary/aromatic N) is 3. The summed E-state index contributed by atoms with van der Waals surface area (Å²) in [5.41, 5.74) is 3.11. The van der Waals surface area contributed by atoms with Crippen LogP contribution < -0.4 is 10.1 Å². The van der Waals surface area contributed by atoms with E-state index in [9.17, 15) is 0 Å². The molecule has 1 saturated heterocycles. The zero-order valence-corrected chi connectivity index (χ0v) is 21.7. The summed E-state index contributed by atoms with van der Waals surface area (Å²) in [5.74, 6) is 0.153. The van der Waals surface area contributed by atoms with Crippen molar-refractivity contribution in [3.63, 3.8) is 0 Å². The lowest BCUT2D eigenvalue weighted by Gasteiger charge is -2.23. The topological polar surface area (TPSA) is 85.0 Å². The highest BCUT2D eigenvalue weighted by molar-refractivity contribution is 6.35. The lowest BCUT2D eigenvalue weighted by atomic mass is 10.1. The SMILES string of the molecule is C[C@@H](Oc1ccc2n[nH]c(/C=C(\F)c3ccc(CNC4CCOCC4)nc3)c2c1)c1c(Cl)cncc1Cl. The molecule has 5 rings (SSSR count). The molecule has 0 aliphatic carbocycles. The number of rotatable bonds is 8. The first-order chi connectivity index (χ1) is 18.0. The largest absolute Gasteiger partial charge is 0.486 e. The van der Waals surface area contributed by atoms with E-state index in [1.807, 2.05) is 13.0 Å². The molecule has 1 atom stereocenters. The van der Waals surface area contributed by atoms with Crippen molar-refractivity contribution in [2.45, 2.75) is 38.5 Å². The molecule has 0 unspecified atom stereocenters. The number of hydrogen-bond donors (Lipinski definition) is 2. The highest BCUT2D eigenvalue weighted by Crippen LogP contribution is 2.34. The average molecular weight is 542 g/mol. The number of benzene rings is 1. The summed E-state index contributed by atoms with van der Waals surface area (Å²) in [4.78, 5) is 8.40. The van der Waals surface area contributed by atoms with E-state index in [0.717, 1.165) is 37.1 Å². The summed E-state index contributed by atoms with van der Waals surface area (Å²) in [6.45, 7) is 4.05. The first kappa shape index (κ1) is 25.6. The van der Waals surface area contributed by atoms with Crippen molar-refractivity contribution in [3.05, 3.63) is 81.5 Å². The second-order valence-electron chi connectivity index (χ2n) is 8.89. The molecule has 7 nitrogen and oxygen atoms in total. The monoisotopic (exact) mass is 541 g/mol. The summed E-state index contributed by atoms with van der Waals surface area (Å²) in [5, 5.41) is 12.2. The molecular formula is C27H26Cl2FN5O2. The van der Waals surface area contributed by atoms with Gasteiger partial charge in [-0.2, -0.15) is 5.10 Å². The maximum Gasteiger partial charge on any atom is 0.134 e. The van der Waals surface area contributed by atoms with Crippen LogP contribution in [0.2, 0.25) is 10.0 Å². The van der Waals surface area contributed by atoms with Gasteiger partial charge in [0.05, 0.1) is 26.9 Å². The van der Waals surface area contributed by atoms with Gasteiger partial charge in [0.2, 0.25) is 0 Å². The molecule has 0 saturated carbocycles. The average Bonchev–Trinajstić information content (AvgIpc) is 3.30. The number of pyridine rings is 2. The second kappa shape index (κ2) is 11.6. The van der Waals surface area contributed by atoms with Crippen molar-refractivity contribution in [2.24, 2.45) is 0 Å². The van der Waals surface area contributed by atoms with Crippen LogP contribution in [0.25, 0.3) is 22.8 Å². The van der Waals surface area contributed by atoms with Crippen molar-refractivity contribution in [2.75, 3.05) is 13.2 Å². The molecule has 37 heavy (non-hydrogen) atoms. The minimum Gasteiger partial charge on any atom is -0.486 e. The van der Waals surface area contributed by atoms with E-state index >= 15 is 4.39 Å². The Labute approximate surface area is 224 Å². The summed E-state index contributed by atoms with van der Waals surface area (Å²) >= 11 is 12.5. The van der Waals surface area contributed by atoms with Gasteiger partial charge in [0.25, 0.3) is 0 Å². The highest BCUT2D eigenvalue weighted by Gasteiger charge is 2.17. The standard InChI is InChI=1S/C27H26Cl2FN5O2/c1-16(27-22(28)14-31-15-23(27)29)37-20-4-5-25-21(10-20)26(35-34-25)11-24(30)17-2-3-19(32-12-17)13-33-18-6-8-36-9-7-18/h2-5,10-12,14-16,18,33H,6-9,13H2,1H3,(H,34,35)/b24-11-/t16-/m1/s1. The van der Waals surface area contributed by atoms with E-state index in [4.69, 9.17) is 32.7 Å². The van der Waals surface area contributed by atoms with Crippen LogP contribution in [0.1, 0.15) is 48.4 Å². The molecule has 1 fully saturated rings. The molecule has 1 aromatic carbocycles. The summed E-state index contributed by atoms with van der Waals surface area (Å²) < 4.78 is 26.6. The molecule has 0 bridgehead atoms. The number of ether oxygens (including phenoxy) is 2. The minimum atomic E-state index is -0.423. The molecule has 192 valence electrons. The quantitative estimate of drug-likeness (QED) is 0.263. The molecule has 4 heterocycles. The second-order valence-corrected chi connectivity index (χ2v) is 9.71. The van der Waals surface area contributed by atoms with Crippen LogP contribution >= 0.6 is 23.2 Å². The molecule has 0 amide bonds. The number of H-pyrrole nitrogens is 1. The van der Waals surface area contributed by atoms with Crippen molar-refractivity contribution >= 4 is 46.0 Å². The lowest BCUT2D eigenvalue weighted by Crippen LogP contribution is -2.34. The number of aromatic amines is 1. The Morgan fingerprint density at radius 1 is 1.19 bits per heavy atom. The summed E-state index contributed by atoms with van der Waals surface area (Å²) in [7, 11) is 0. The van der Waals surface area contributed by atoms with Gasteiger partial charge < -0.3 is 14.8 Å². The van der Waals surface area contributed by atoms with Crippen molar-refractivity contribution in [1.29, 1.82) is 0 Å². The minimum absolute atomic E-state index is 0.389. The number of nitrogens with one attached hydrogen (secondary N) is 2. The van der Waals surface area contributed by atoms with Crippen LogP contribution in [-0.2, 0) is 11.3 Å². The van der Waals surface area contributed by atoms with Gasteiger partial charge in [-0.15, -0.1) is 0 Å². The Morgan fingerprint density at radius 2 is 1.97 bits per heavy atom. The fourth-order valence-corrected chi connectivity index (χ4v) is 4.97. The molecule has 3 aromatic heterocycles. The van der Waals surface area contributed by atoms with Crippen LogP contribution in [0.4, 0.5) is 4.39 Å². The number of fused-ring (bicyclic) bond motifs is 1. The van der Waals surface area contributed by atoms with Crippen molar-refractivity contribution in [1.82, 2.24) is 25.5 Å². The molecule has 1 aliphatic rings. The third kappa shape index (κ3) is 6.10. The van der Waals surface area contributed by atoms with Gasteiger partial charge in [-0.05, 0) is 50.1 Å². The zero-order valence-electron chi connectivity index (χ0n) is 20.2. The van der Waals surface area contributed by atoms with Gasteiger partial charge in [0.1, 0.15) is 17.7 Å². The van der Waals surface area contributed by atoms with Crippen LogP contribution in [0.15, 0.2) is 48.9 Å². The fraction of sp³-hybridized carbons (Fsp3) is 0.296. The summed E-state index contributed by atoms with van der Waals surface area (Å²) in [6, 6.07) is 9.40. The van der Waals surface area contributed by atoms with E-state index in [0.29, 0.717) is 50.7 Å². The van der Waals surface area contributed by atoms with E-state index in [1.165, 1.54) is 18.5 Å². The molecule has 10 heteroatoms. The maximum absolute atomic E-state index is 15.1. The zero-order chi connectivity index (χ0) is 25.8. The van der Waals surface area contributed by atoms with E-state index < -0.39 is 11.9 Å². The molecular weight excluding hydrogens is 516 g/mol. The first-order valence-corrected chi connectivity index (χ1v) is 12.8. The predicted octanol–water partition coefficient (Wildman–Crippen LogP) is 6.54. The van der Waals surface area contributed by atoms with E-state index in [2.05, 4.69) is 25.5 Å². The Morgan fingerprint density at radius 3 is 2.70 bits per heavy atom. The third-order valence-corrected chi connectivity index (χ3v) is 6.93. The van der Waals surface area contributed by atoms with Gasteiger partial charge in [0, 0.05) is 67.0 Å². The van der Waals surface area contributed by atoms with Crippen LogP contribution in [0.3, 0.4) is 0 Å². The molecule has 0 spiro atoms. The third-order valence-electron chi connectivity index (χ3n) is 6.33. The van der Waals surface area contributed by atoms with E-state index in [-0.39, 0.29) is 0 Å². The smallest absolute Gasteiger partial charge is 0.134 e. The van der Waals surface area contributed by atoms with E-state index in [1.54, 1.807) is 30.5 Å². The van der Waals surface area contributed by atoms with Gasteiger partial charge in [-0.25, -0.2) is 4.39 Å².